The van der Waals surface area contributed by atoms with Crippen LogP contribution in [-0.2, 0) is 6.54 Å². The van der Waals surface area contributed by atoms with Crippen molar-refractivity contribution in [2.24, 2.45) is 5.73 Å². The first-order chi connectivity index (χ1) is 9.79. The highest BCUT2D eigenvalue weighted by atomic mass is 79.9. The average molecular weight is 345 g/mol. The third kappa shape index (κ3) is 2.54. The molecule has 3 rings (SSSR count). The Morgan fingerprint density at radius 2 is 1.70 bits per heavy atom. The van der Waals surface area contributed by atoms with Crippen molar-refractivity contribution < 1.29 is 0 Å². The number of rotatable bonds is 3. The maximum absolute atomic E-state index is 5.88. The molecular weight excluding hydrogens is 332 g/mol. The van der Waals surface area contributed by atoms with Crippen LogP contribution in [0.4, 0.5) is 0 Å². The highest BCUT2D eigenvalue weighted by Gasteiger charge is 2.14. The van der Waals surface area contributed by atoms with E-state index in [1.807, 2.05) is 36.4 Å². The lowest BCUT2D eigenvalue weighted by Crippen LogP contribution is -1.95. The number of thiazole rings is 1. The maximum Gasteiger partial charge on any atom is 0.125 e. The second-order valence-electron chi connectivity index (χ2n) is 4.34. The molecule has 0 amide bonds. The van der Waals surface area contributed by atoms with Crippen LogP contribution in [0.3, 0.4) is 0 Å². The first-order valence-corrected chi connectivity index (χ1v) is 7.90. The summed E-state index contributed by atoms with van der Waals surface area (Å²) in [4.78, 5) is 5.90. The van der Waals surface area contributed by atoms with Gasteiger partial charge in [-0.05, 0) is 6.07 Å². The first kappa shape index (κ1) is 13.5. The van der Waals surface area contributed by atoms with Gasteiger partial charge in [0.25, 0.3) is 0 Å². The fraction of sp³-hybridized carbons (Fsp3) is 0.0625. The van der Waals surface area contributed by atoms with Crippen LogP contribution in [-0.4, -0.2) is 4.98 Å². The van der Waals surface area contributed by atoms with Crippen molar-refractivity contribution in [1.29, 1.82) is 0 Å². The standard InChI is InChI=1S/C16H13BrN2S/c17-13-9-5-4-8-12(13)16-19-15(14(10-18)20-16)11-6-2-1-3-7-11/h1-9H,10,18H2. The molecule has 2 N–H and O–H groups in total. The molecule has 3 aromatic rings. The summed E-state index contributed by atoms with van der Waals surface area (Å²) in [5.74, 6) is 0. The van der Waals surface area contributed by atoms with Crippen LogP contribution in [0.2, 0.25) is 0 Å². The third-order valence-electron chi connectivity index (χ3n) is 3.03. The minimum atomic E-state index is 0.506. The summed E-state index contributed by atoms with van der Waals surface area (Å²) >= 11 is 5.24. The van der Waals surface area contributed by atoms with Crippen LogP contribution in [0.1, 0.15) is 4.88 Å². The van der Waals surface area contributed by atoms with E-state index >= 15 is 0 Å². The van der Waals surface area contributed by atoms with Gasteiger partial charge in [0.05, 0.1) is 5.69 Å². The molecule has 2 aromatic carbocycles. The summed E-state index contributed by atoms with van der Waals surface area (Å²) in [6.07, 6.45) is 0. The summed E-state index contributed by atoms with van der Waals surface area (Å²) in [7, 11) is 0. The van der Waals surface area contributed by atoms with Gasteiger partial charge in [-0.2, -0.15) is 0 Å². The highest BCUT2D eigenvalue weighted by Crippen LogP contribution is 2.36. The summed E-state index contributed by atoms with van der Waals surface area (Å²) in [5.41, 5.74) is 9.09. The van der Waals surface area contributed by atoms with Crippen LogP contribution in [0.25, 0.3) is 21.8 Å². The van der Waals surface area contributed by atoms with Gasteiger partial charge in [0.1, 0.15) is 5.01 Å². The monoisotopic (exact) mass is 344 g/mol. The van der Waals surface area contributed by atoms with Crippen LogP contribution in [0, 0.1) is 0 Å². The van der Waals surface area contributed by atoms with Crippen molar-refractivity contribution in [2.75, 3.05) is 0 Å². The summed E-state index contributed by atoms with van der Waals surface area (Å²) in [6.45, 7) is 0.506. The molecular formula is C16H13BrN2S. The fourth-order valence-electron chi connectivity index (χ4n) is 2.06. The molecule has 0 spiro atoms. The van der Waals surface area contributed by atoms with E-state index in [2.05, 4.69) is 34.1 Å². The van der Waals surface area contributed by atoms with Gasteiger partial charge in [0.2, 0.25) is 0 Å². The van der Waals surface area contributed by atoms with E-state index in [0.717, 1.165) is 31.2 Å². The van der Waals surface area contributed by atoms with Crippen LogP contribution >= 0.6 is 27.3 Å². The van der Waals surface area contributed by atoms with Crippen LogP contribution < -0.4 is 5.73 Å². The van der Waals surface area contributed by atoms with E-state index in [-0.39, 0.29) is 0 Å². The summed E-state index contributed by atoms with van der Waals surface area (Å²) in [6, 6.07) is 18.3. The number of benzene rings is 2. The van der Waals surface area contributed by atoms with Crippen molar-refractivity contribution in [2.45, 2.75) is 6.54 Å². The molecule has 20 heavy (non-hydrogen) atoms. The van der Waals surface area contributed by atoms with Crippen molar-refractivity contribution in [3.05, 3.63) is 63.9 Å². The topological polar surface area (TPSA) is 38.9 Å². The molecule has 0 atom stereocenters. The van der Waals surface area contributed by atoms with E-state index in [1.165, 1.54) is 0 Å². The predicted octanol–water partition coefficient (Wildman–Crippen LogP) is 4.70. The Morgan fingerprint density at radius 1 is 1.00 bits per heavy atom. The van der Waals surface area contributed by atoms with Crippen LogP contribution in [0.5, 0.6) is 0 Å². The van der Waals surface area contributed by atoms with Crippen molar-refractivity contribution in [1.82, 2.24) is 4.98 Å². The van der Waals surface area contributed by atoms with Crippen molar-refractivity contribution in [3.8, 4) is 21.8 Å². The van der Waals surface area contributed by atoms with E-state index in [1.54, 1.807) is 11.3 Å². The minimum Gasteiger partial charge on any atom is -0.326 e. The molecule has 0 aliphatic rings. The molecule has 2 nitrogen and oxygen atoms in total. The zero-order valence-corrected chi connectivity index (χ0v) is 13.1. The Hall–Kier alpha value is -1.49. The SMILES string of the molecule is NCc1sc(-c2ccccc2Br)nc1-c1ccccc1. The lowest BCUT2D eigenvalue weighted by molar-refractivity contribution is 1.10. The zero-order valence-electron chi connectivity index (χ0n) is 10.7. The molecule has 100 valence electrons. The minimum absolute atomic E-state index is 0.506. The van der Waals surface area contributed by atoms with E-state index in [0.29, 0.717) is 6.54 Å². The summed E-state index contributed by atoms with van der Waals surface area (Å²) in [5, 5.41) is 0.997. The molecule has 0 bridgehead atoms. The second-order valence-corrected chi connectivity index (χ2v) is 6.28. The molecule has 0 radical (unpaired) electrons. The number of nitrogens with zero attached hydrogens (tertiary/aromatic N) is 1. The molecule has 1 heterocycles. The smallest absolute Gasteiger partial charge is 0.125 e. The highest BCUT2D eigenvalue weighted by molar-refractivity contribution is 9.10. The van der Waals surface area contributed by atoms with Gasteiger partial charge in [-0.3, -0.25) is 0 Å². The molecule has 1 aromatic heterocycles. The van der Waals surface area contributed by atoms with Gasteiger partial charge in [-0.15, -0.1) is 11.3 Å². The Balaban J connectivity index is 2.13. The van der Waals surface area contributed by atoms with Crippen molar-refractivity contribution >= 4 is 27.3 Å². The van der Waals surface area contributed by atoms with Gasteiger partial charge in [0, 0.05) is 27.0 Å². The first-order valence-electron chi connectivity index (χ1n) is 6.29. The van der Waals surface area contributed by atoms with Gasteiger partial charge in [-0.1, -0.05) is 64.5 Å². The Kier molecular flexibility index (Phi) is 3.96. The van der Waals surface area contributed by atoms with Gasteiger partial charge >= 0.3 is 0 Å². The predicted molar refractivity (Wildman–Crippen MR) is 88.6 cm³/mol. The van der Waals surface area contributed by atoms with E-state index < -0.39 is 0 Å². The normalized spacial score (nSPS) is 10.7. The molecule has 0 fully saturated rings. The number of halogens is 1. The van der Waals surface area contributed by atoms with Crippen molar-refractivity contribution in [3.63, 3.8) is 0 Å². The number of hydrogen-bond acceptors (Lipinski definition) is 3. The van der Waals surface area contributed by atoms with Gasteiger partial charge < -0.3 is 5.73 Å². The average Bonchev–Trinajstić information content (AvgIpc) is 2.92. The van der Waals surface area contributed by atoms with Gasteiger partial charge in [0.15, 0.2) is 0 Å². The Morgan fingerprint density at radius 3 is 2.40 bits per heavy atom. The molecule has 4 heteroatoms. The number of nitrogens with two attached hydrogens (primary N) is 1. The molecule has 0 aliphatic carbocycles. The second kappa shape index (κ2) is 5.87. The number of aromatic nitrogens is 1. The van der Waals surface area contributed by atoms with E-state index in [4.69, 9.17) is 10.7 Å². The molecule has 0 saturated carbocycles. The van der Waals surface area contributed by atoms with Crippen LogP contribution in [0.15, 0.2) is 59.1 Å². The molecule has 0 saturated heterocycles. The largest absolute Gasteiger partial charge is 0.326 e. The third-order valence-corrected chi connectivity index (χ3v) is 4.84. The Labute approximate surface area is 130 Å². The van der Waals surface area contributed by atoms with E-state index in [9.17, 15) is 0 Å². The Bertz CT molecular complexity index is 722. The number of hydrogen-bond donors (Lipinski definition) is 1. The van der Waals surface area contributed by atoms with Gasteiger partial charge in [-0.25, -0.2) is 4.98 Å². The zero-order chi connectivity index (χ0) is 13.9. The summed E-state index contributed by atoms with van der Waals surface area (Å²) < 4.78 is 1.05. The molecule has 0 unspecified atom stereocenters. The lowest BCUT2D eigenvalue weighted by Gasteiger charge is -1.99. The molecule has 0 aliphatic heterocycles. The maximum atomic E-state index is 5.88. The fourth-order valence-corrected chi connectivity index (χ4v) is 3.67. The quantitative estimate of drug-likeness (QED) is 0.747. The lowest BCUT2D eigenvalue weighted by atomic mass is 10.1.